The Morgan fingerprint density at radius 2 is 2.00 bits per heavy atom. The third kappa shape index (κ3) is 3.14. The van der Waals surface area contributed by atoms with Crippen molar-refractivity contribution >= 4 is 39.1 Å². The number of halogens is 2. The second-order valence-electron chi connectivity index (χ2n) is 3.88. The molecule has 3 nitrogen and oxygen atoms in total. The normalized spacial score (nSPS) is 10.3. The van der Waals surface area contributed by atoms with E-state index in [1.54, 1.807) is 35.5 Å². The summed E-state index contributed by atoms with van der Waals surface area (Å²) in [5.74, 6) is -0.0720. The molecule has 2 aromatic rings. The van der Waals surface area contributed by atoms with E-state index in [4.69, 9.17) is 11.6 Å². The van der Waals surface area contributed by atoms with Crippen LogP contribution in [0, 0.1) is 0 Å². The lowest BCUT2D eigenvalue weighted by molar-refractivity contribution is 0.0987. The molecule has 0 N–H and O–H groups in total. The Morgan fingerprint density at radius 1 is 1.32 bits per heavy atom. The van der Waals surface area contributed by atoms with Gasteiger partial charge in [-0.25, -0.2) is 0 Å². The van der Waals surface area contributed by atoms with Crippen molar-refractivity contribution in [2.75, 3.05) is 11.4 Å². The first-order chi connectivity index (χ1) is 9.13. The van der Waals surface area contributed by atoms with Crippen LogP contribution in [0.3, 0.4) is 0 Å². The first-order valence-corrected chi connectivity index (χ1v) is 6.97. The maximum Gasteiger partial charge on any atom is 0.259 e. The molecule has 1 heterocycles. The van der Waals surface area contributed by atoms with E-state index < -0.39 is 0 Å². The highest BCUT2D eigenvalue weighted by atomic mass is 79.9. The number of nitrogens with zero attached hydrogens (tertiary/aromatic N) is 2. The van der Waals surface area contributed by atoms with Gasteiger partial charge < -0.3 is 4.90 Å². The van der Waals surface area contributed by atoms with Gasteiger partial charge in [0.05, 0.1) is 5.56 Å². The third-order valence-corrected chi connectivity index (χ3v) is 3.59. The lowest BCUT2D eigenvalue weighted by Gasteiger charge is -2.21. The van der Waals surface area contributed by atoms with Crippen LogP contribution in [0.25, 0.3) is 0 Å². The maximum absolute atomic E-state index is 12.5. The third-order valence-electron chi connectivity index (χ3n) is 2.70. The minimum atomic E-state index is -0.0720. The van der Waals surface area contributed by atoms with E-state index in [0.29, 0.717) is 21.6 Å². The number of carbonyl (C=O) groups excluding carboxylic acids is 1. The van der Waals surface area contributed by atoms with E-state index in [1.807, 2.05) is 19.1 Å². The van der Waals surface area contributed by atoms with E-state index in [-0.39, 0.29) is 5.91 Å². The number of aromatic nitrogens is 1. The average molecular weight is 340 g/mol. The summed E-state index contributed by atoms with van der Waals surface area (Å²) < 4.78 is 0.692. The Bertz CT molecular complexity index is 589. The summed E-state index contributed by atoms with van der Waals surface area (Å²) in [6, 6.07) is 8.77. The van der Waals surface area contributed by atoms with Crippen molar-refractivity contribution in [3.05, 3.63) is 57.8 Å². The molecule has 0 unspecified atom stereocenters. The Labute approximate surface area is 125 Å². The Kier molecular flexibility index (Phi) is 4.56. The molecule has 2 rings (SSSR count). The van der Waals surface area contributed by atoms with Crippen molar-refractivity contribution in [3.8, 4) is 0 Å². The number of amides is 1. The summed E-state index contributed by atoms with van der Waals surface area (Å²) in [6.07, 6.45) is 3.34. The second kappa shape index (κ2) is 6.17. The number of carbonyl (C=O) groups is 1. The standard InChI is InChI=1S/C14H12BrClN2O/c1-2-18(11-5-7-17-8-6-11)14(19)12-4-3-10(16)9-13(12)15/h3-9H,2H2,1H3. The maximum atomic E-state index is 12.5. The molecule has 0 bridgehead atoms. The fourth-order valence-electron chi connectivity index (χ4n) is 1.78. The number of anilines is 1. The summed E-state index contributed by atoms with van der Waals surface area (Å²) in [7, 11) is 0. The lowest BCUT2D eigenvalue weighted by Crippen LogP contribution is -2.30. The summed E-state index contributed by atoms with van der Waals surface area (Å²) in [5, 5.41) is 0.593. The molecule has 0 fully saturated rings. The number of hydrogen-bond donors (Lipinski definition) is 0. The highest BCUT2D eigenvalue weighted by Crippen LogP contribution is 2.24. The van der Waals surface area contributed by atoms with Crippen molar-refractivity contribution in [1.82, 2.24) is 4.98 Å². The molecule has 1 amide bonds. The molecule has 1 aromatic carbocycles. The van der Waals surface area contributed by atoms with E-state index in [9.17, 15) is 4.79 Å². The van der Waals surface area contributed by atoms with Gasteiger partial charge in [0.1, 0.15) is 0 Å². The Balaban J connectivity index is 2.36. The highest BCUT2D eigenvalue weighted by Gasteiger charge is 2.18. The predicted molar refractivity (Wildman–Crippen MR) is 80.7 cm³/mol. The Morgan fingerprint density at radius 3 is 2.58 bits per heavy atom. The topological polar surface area (TPSA) is 33.2 Å². The smallest absolute Gasteiger partial charge is 0.259 e. The predicted octanol–water partition coefficient (Wildman–Crippen LogP) is 4.16. The molecule has 0 aliphatic carbocycles. The molecule has 0 spiro atoms. The second-order valence-corrected chi connectivity index (χ2v) is 5.17. The van der Waals surface area contributed by atoms with Crippen LogP contribution in [0.5, 0.6) is 0 Å². The molecule has 5 heteroatoms. The average Bonchev–Trinajstić information content (AvgIpc) is 2.40. The number of rotatable bonds is 3. The zero-order valence-electron chi connectivity index (χ0n) is 10.3. The number of benzene rings is 1. The van der Waals surface area contributed by atoms with Crippen molar-refractivity contribution < 1.29 is 4.79 Å². The van der Waals surface area contributed by atoms with Gasteiger partial charge in [0.25, 0.3) is 5.91 Å². The molecular formula is C14H12BrClN2O. The summed E-state index contributed by atoms with van der Waals surface area (Å²) in [4.78, 5) is 18.2. The summed E-state index contributed by atoms with van der Waals surface area (Å²) in [6.45, 7) is 2.51. The van der Waals surface area contributed by atoms with E-state index in [0.717, 1.165) is 5.69 Å². The SMILES string of the molecule is CCN(C(=O)c1ccc(Cl)cc1Br)c1ccncc1. The van der Waals surface area contributed by atoms with Gasteiger partial charge in [0.2, 0.25) is 0 Å². The van der Waals surface area contributed by atoms with Crippen molar-refractivity contribution in [2.45, 2.75) is 6.92 Å². The molecular weight excluding hydrogens is 328 g/mol. The van der Waals surface area contributed by atoms with Crippen molar-refractivity contribution in [2.24, 2.45) is 0 Å². The minimum Gasteiger partial charge on any atom is -0.309 e. The van der Waals surface area contributed by atoms with Gasteiger partial charge in [-0.3, -0.25) is 9.78 Å². The first-order valence-electron chi connectivity index (χ1n) is 5.80. The van der Waals surface area contributed by atoms with Crippen LogP contribution in [0.4, 0.5) is 5.69 Å². The van der Waals surface area contributed by atoms with Gasteiger partial charge in [0, 0.05) is 34.1 Å². The van der Waals surface area contributed by atoms with Crippen LogP contribution in [0.15, 0.2) is 47.2 Å². The van der Waals surface area contributed by atoms with Crippen LogP contribution >= 0.6 is 27.5 Å². The van der Waals surface area contributed by atoms with Crippen LogP contribution < -0.4 is 4.90 Å². The van der Waals surface area contributed by atoms with Gasteiger partial charge in [-0.05, 0) is 53.2 Å². The lowest BCUT2D eigenvalue weighted by atomic mass is 10.2. The molecule has 0 saturated heterocycles. The molecule has 98 valence electrons. The molecule has 0 radical (unpaired) electrons. The monoisotopic (exact) mass is 338 g/mol. The summed E-state index contributed by atoms with van der Waals surface area (Å²) in [5.41, 5.74) is 1.41. The molecule has 0 aliphatic rings. The van der Waals surface area contributed by atoms with Gasteiger partial charge in [-0.15, -0.1) is 0 Å². The number of pyridine rings is 1. The van der Waals surface area contributed by atoms with Crippen LogP contribution in [-0.2, 0) is 0 Å². The van der Waals surface area contributed by atoms with Crippen molar-refractivity contribution in [1.29, 1.82) is 0 Å². The van der Waals surface area contributed by atoms with E-state index >= 15 is 0 Å². The molecule has 19 heavy (non-hydrogen) atoms. The van der Waals surface area contributed by atoms with E-state index in [2.05, 4.69) is 20.9 Å². The minimum absolute atomic E-state index is 0.0720. The molecule has 0 saturated carbocycles. The number of hydrogen-bond acceptors (Lipinski definition) is 2. The van der Waals surface area contributed by atoms with E-state index in [1.165, 1.54) is 0 Å². The highest BCUT2D eigenvalue weighted by molar-refractivity contribution is 9.10. The largest absolute Gasteiger partial charge is 0.309 e. The van der Waals surface area contributed by atoms with Gasteiger partial charge in [-0.2, -0.15) is 0 Å². The first kappa shape index (κ1) is 14.0. The van der Waals surface area contributed by atoms with Crippen LogP contribution in [0.1, 0.15) is 17.3 Å². The van der Waals surface area contributed by atoms with Crippen LogP contribution in [-0.4, -0.2) is 17.4 Å². The van der Waals surface area contributed by atoms with Crippen LogP contribution in [0.2, 0.25) is 5.02 Å². The quantitative estimate of drug-likeness (QED) is 0.841. The van der Waals surface area contributed by atoms with Gasteiger partial charge >= 0.3 is 0 Å². The molecule has 0 aliphatic heterocycles. The summed E-state index contributed by atoms with van der Waals surface area (Å²) >= 11 is 9.26. The fraction of sp³-hybridized carbons (Fsp3) is 0.143. The van der Waals surface area contributed by atoms with Gasteiger partial charge in [0.15, 0.2) is 0 Å². The molecule has 1 aromatic heterocycles. The zero-order valence-corrected chi connectivity index (χ0v) is 12.6. The Hall–Kier alpha value is -1.39. The fourth-order valence-corrected chi connectivity index (χ4v) is 2.63. The molecule has 0 atom stereocenters. The van der Waals surface area contributed by atoms with Crippen molar-refractivity contribution in [3.63, 3.8) is 0 Å². The zero-order chi connectivity index (χ0) is 13.8. The van der Waals surface area contributed by atoms with Gasteiger partial charge in [-0.1, -0.05) is 11.6 Å².